The number of aryl methyl sites for hydroxylation is 1. The van der Waals surface area contributed by atoms with E-state index >= 15 is 0 Å². The van der Waals surface area contributed by atoms with Crippen LogP contribution in [0.5, 0.6) is 0 Å². The Morgan fingerprint density at radius 2 is 2.00 bits per heavy atom. The zero-order valence-corrected chi connectivity index (χ0v) is 18.9. The van der Waals surface area contributed by atoms with E-state index in [1.807, 2.05) is 18.2 Å². The molecule has 30 heavy (non-hydrogen) atoms. The lowest BCUT2D eigenvalue weighted by atomic mass is 10.2. The van der Waals surface area contributed by atoms with Crippen LogP contribution in [-0.4, -0.2) is 35.6 Å². The van der Waals surface area contributed by atoms with Crippen molar-refractivity contribution in [1.82, 2.24) is 15.3 Å². The first kappa shape index (κ1) is 24.2. The number of nitrogens with one attached hydrogen (secondary N) is 2. The van der Waals surface area contributed by atoms with Gasteiger partial charge in [0.2, 0.25) is 5.95 Å². The fraction of sp³-hybridized carbons (Fsp3) is 0.500. The summed E-state index contributed by atoms with van der Waals surface area (Å²) in [5.41, 5.74) is 2.52. The number of rotatable bonds is 8. The summed E-state index contributed by atoms with van der Waals surface area (Å²) < 4.78 is 0. The third-order valence-corrected chi connectivity index (χ3v) is 5.42. The van der Waals surface area contributed by atoms with Crippen molar-refractivity contribution in [3.05, 3.63) is 41.6 Å². The van der Waals surface area contributed by atoms with Gasteiger partial charge in [-0.05, 0) is 56.3 Å². The van der Waals surface area contributed by atoms with Gasteiger partial charge in [0, 0.05) is 36.6 Å². The van der Waals surface area contributed by atoms with Crippen LogP contribution in [0.2, 0.25) is 0 Å². The second-order valence-corrected chi connectivity index (χ2v) is 7.89. The number of benzene rings is 1. The van der Waals surface area contributed by atoms with Crippen LogP contribution in [0, 0.1) is 17.2 Å². The van der Waals surface area contributed by atoms with Gasteiger partial charge in [0.05, 0.1) is 11.6 Å². The van der Waals surface area contributed by atoms with Crippen LogP contribution in [0.4, 0.5) is 17.5 Å². The second-order valence-electron chi connectivity index (χ2n) is 7.89. The van der Waals surface area contributed by atoms with Crippen molar-refractivity contribution >= 4 is 42.3 Å². The zero-order valence-electron chi connectivity index (χ0n) is 17.3. The molecule has 8 heteroatoms. The standard InChI is InChI=1S/C22H28N6.2ClH/c1-2-4-18-12-21(28-10-9-20(15-28)24-14-16-7-8-16)27-22(25-18)26-19-6-3-5-17(11-19)13-23;;/h3,5-6,11-12,16,20,24H,2,4,7-10,14-15H2,1H3,(H,25,26,27);2*1H. The van der Waals surface area contributed by atoms with E-state index in [1.54, 1.807) is 6.07 Å². The molecule has 1 unspecified atom stereocenters. The highest BCUT2D eigenvalue weighted by molar-refractivity contribution is 5.85. The van der Waals surface area contributed by atoms with Crippen LogP contribution >= 0.6 is 24.8 Å². The summed E-state index contributed by atoms with van der Waals surface area (Å²) in [6.45, 7) is 5.34. The Labute approximate surface area is 191 Å². The van der Waals surface area contributed by atoms with Crippen molar-refractivity contribution < 1.29 is 0 Å². The SMILES string of the molecule is CCCc1cc(N2CCC(NCC3CC3)C2)nc(Nc2cccc(C#N)c2)n1.Cl.Cl. The number of anilines is 3. The molecule has 2 heterocycles. The maximum Gasteiger partial charge on any atom is 0.229 e. The minimum Gasteiger partial charge on any atom is -0.355 e. The van der Waals surface area contributed by atoms with Gasteiger partial charge in [-0.1, -0.05) is 19.4 Å². The molecule has 162 valence electrons. The molecular formula is C22H30Cl2N6. The van der Waals surface area contributed by atoms with Gasteiger partial charge in [-0.2, -0.15) is 10.2 Å². The molecule has 1 aliphatic carbocycles. The Kier molecular flexibility index (Phi) is 9.16. The maximum absolute atomic E-state index is 9.11. The van der Waals surface area contributed by atoms with E-state index in [9.17, 15) is 0 Å². The first-order valence-corrected chi connectivity index (χ1v) is 10.4. The molecule has 0 radical (unpaired) electrons. The van der Waals surface area contributed by atoms with E-state index in [2.05, 4.69) is 39.6 Å². The third kappa shape index (κ3) is 6.46. The van der Waals surface area contributed by atoms with E-state index in [0.717, 1.165) is 62.0 Å². The van der Waals surface area contributed by atoms with E-state index < -0.39 is 0 Å². The lowest BCUT2D eigenvalue weighted by Gasteiger charge is -2.20. The minimum absolute atomic E-state index is 0. The Morgan fingerprint density at radius 3 is 2.73 bits per heavy atom. The van der Waals surface area contributed by atoms with E-state index in [-0.39, 0.29) is 24.8 Å². The lowest BCUT2D eigenvalue weighted by molar-refractivity contribution is 0.530. The summed E-state index contributed by atoms with van der Waals surface area (Å²) >= 11 is 0. The molecule has 2 N–H and O–H groups in total. The molecule has 1 aromatic carbocycles. The van der Waals surface area contributed by atoms with Gasteiger partial charge in [0.1, 0.15) is 5.82 Å². The third-order valence-electron chi connectivity index (χ3n) is 5.42. The second kappa shape index (κ2) is 11.4. The van der Waals surface area contributed by atoms with Gasteiger partial charge >= 0.3 is 0 Å². The predicted octanol–water partition coefficient (Wildman–Crippen LogP) is 4.47. The zero-order chi connectivity index (χ0) is 19.3. The quantitative estimate of drug-likeness (QED) is 0.620. The topological polar surface area (TPSA) is 76.9 Å². The lowest BCUT2D eigenvalue weighted by Crippen LogP contribution is -2.34. The first-order chi connectivity index (χ1) is 13.7. The molecule has 1 saturated heterocycles. The fourth-order valence-corrected chi connectivity index (χ4v) is 3.67. The van der Waals surface area contributed by atoms with Gasteiger partial charge in [0.25, 0.3) is 0 Å². The molecule has 2 aliphatic rings. The van der Waals surface area contributed by atoms with Crippen LogP contribution < -0.4 is 15.5 Å². The van der Waals surface area contributed by atoms with E-state index in [0.29, 0.717) is 17.6 Å². The Morgan fingerprint density at radius 1 is 1.17 bits per heavy atom. The molecule has 6 nitrogen and oxygen atoms in total. The predicted molar refractivity (Wildman–Crippen MR) is 126 cm³/mol. The monoisotopic (exact) mass is 448 g/mol. The van der Waals surface area contributed by atoms with Crippen molar-refractivity contribution in [2.24, 2.45) is 5.92 Å². The van der Waals surface area contributed by atoms with Gasteiger partial charge in [-0.3, -0.25) is 0 Å². The van der Waals surface area contributed by atoms with Gasteiger partial charge < -0.3 is 15.5 Å². The van der Waals surface area contributed by atoms with Crippen LogP contribution in [-0.2, 0) is 6.42 Å². The van der Waals surface area contributed by atoms with Crippen LogP contribution in [0.3, 0.4) is 0 Å². The van der Waals surface area contributed by atoms with Crippen molar-refractivity contribution in [1.29, 1.82) is 5.26 Å². The summed E-state index contributed by atoms with van der Waals surface area (Å²) in [5.74, 6) is 2.50. The number of hydrogen-bond acceptors (Lipinski definition) is 6. The van der Waals surface area contributed by atoms with Crippen molar-refractivity contribution in [2.45, 2.75) is 45.1 Å². The average molecular weight is 449 g/mol. The van der Waals surface area contributed by atoms with Gasteiger partial charge in [0.15, 0.2) is 0 Å². The fourth-order valence-electron chi connectivity index (χ4n) is 3.67. The highest BCUT2D eigenvalue weighted by atomic mass is 35.5. The first-order valence-electron chi connectivity index (χ1n) is 10.4. The number of halogens is 2. The highest BCUT2D eigenvalue weighted by Crippen LogP contribution is 2.28. The molecule has 1 saturated carbocycles. The minimum atomic E-state index is 0. The van der Waals surface area contributed by atoms with E-state index in [1.165, 1.54) is 12.8 Å². The molecular weight excluding hydrogens is 419 g/mol. The molecule has 1 aromatic heterocycles. The Hall–Kier alpha value is -2.07. The Bertz CT molecular complexity index is 865. The molecule has 2 fully saturated rings. The summed E-state index contributed by atoms with van der Waals surface area (Å²) in [4.78, 5) is 11.8. The van der Waals surface area contributed by atoms with Crippen LogP contribution in [0.25, 0.3) is 0 Å². The number of nitriles is 1. The molecule has 0 spiro atoms. The summed E-state index contributed by atoms with van der Waals surface area (Å²) in [6.07, 6.45) is 5.91. The van der Waals surface area contributed by atoms with Crippen LogP contribution in [0.1, 0.15) is 43.9 Å². The molecule has 4 rings (SSSR count). The summed E-state index contributed by atoms with van der Waals surface area (Å²) in [7, 11) is 0. The molecule has 0 bridgehead atoms. The average Bonchev–Trinajstić information content (AvgIpc) is 3.42. The van der Waals surface area contributed by atoms with Gasteiger partial charge in [-0.25, -0.2) is 4.98 Å². The Balaban J connectivity index is 0.00000160. The van der Waals surface area contributed by atoms with Crippen molar-refractivity contribution in [3.63, 3.8) is 0 Å². The largest absolute Gasteiger partial charge is 0.355 e. The van der Waals surface area contributed by atoms with Crippen LogP contribution in [0.15, 0.2) is 30.3 Å². The molecule has 1 aliphatic heterocycles. The molecule has 1 atom stereocenters. The number of nitrogens with zero attached hydrogens (tertiary/aromatic N) is 4. The van der Waals surface area contributed by atoms with E-state index in [4.69, 9.17) is 10.2 Å². The number of hydrogen-bond donors (Lipinski definition) is 2. The maximum atomic E-state index is 9.11. The molecule has 0 amide bonds. The van der Waals surface area contributed by atoms with Crippen molar-refractivity contribution in [3.8, 4) is 6.07 Å². The highest BCUT2D eigenvalue weighted by Gasteiger charge is 2.27. The summed E-state index contributed by atoms with van der Waals surface area (Å²) in [6, 6.07) is 12.3. The normalized spacial score (nSPS) is 17.6. The smallest absolute Gasteiger partial charge is 0.229 e. The molecule has 2 aromatic rings. The number of aromatic nitrogens is 2. The van der Waals surface area contributed by atoms with Crippen molar-refractivity contribution in [2.75, 3.05) is 29.9 Å². The summed E-state index contributed by atoms with van der Waals surface area (Å²) in [5, 5.41) is 16.1. The van der Waals surface area contributed by atoms with Gasteiger partial charge in [-0.15, -0.1) is 24.8 Å².